The van der Waals surface area contributed by atoms with Gasteiger partial charge in [-0.25, -0.2) is 4.57 Å². The molecule has 0 fully saturated rings. The zero-order valence-corrected chi connectivity index (χ0v) is 36.6. The Kier molecular flexibility index (Phi) is 37.3. The van der Waals surface area contributed by atoms with Crippen LogP contribution in [0.4, 0.5) is 0 Å². The minimum absolute atomic E-state index is 0.0630. The average Bonchev–Trinajstić information content (AvgIpc) is 3.21. The Bertz CT molecular complexity index is 1380. The molecule has 0 aromatic rings. The van der Waals surface area contributed by atoms with E-state index in [1.165, 1.54) is 38.5 Å². The molecule has 0 aliphatic rings. The maximum Gasteiger partial charge on any atom is 0.472 e. The van der Waals surface area contributed by atoms with Crippen molar-refractivity contribution in [2.75, 3.05) is 19.8 Å². The van der Waals surface area contributed by atoms with Crippen LogP contribution in [-0.2, 0) is 37.5 Å². The van der Waals surface area contributed by atoms with Gasteiger partial charge in [0.2, 0.25) is 0 Å². The zero-order valence-electron chi connectivity index (χ0n) is 35.7. The van der Waals surface area contributed by atoms with Crippen molar-refractivity contribution in [1.82, 2.24) is 0 Å². The zero-order chi connectivity index (χ0) is 43.7. The predicted molar refractivity (Wildman–Crippen MR) is 236 cm³/mol. The van der Waals surface area contributed by atoms with E-state index in [-0.39, 0.29) is 12.8 Å². The fraction of sp³-hybridized carbons (Fsp3) is 0.587. The highest BCUT2D eigenvalue weighted by Crippen LogP contribution is 2.43. The van der Waals surface area contributed by atoms with Gasteiger partial charge in [-0.1, -0.05) is 143 Å². The van der Waals surface area contributed by atoms with Crippen LogP contribution in [0.5, 0.6) is 0 Å². The molecule has 334 valence electrons. The number of aliphatic hydroxyl groups excluding tert-OH is 1. The Hall–Kier alpha value is -3.64. The molecule has 0 bridgehead atoms. The van der Waals surface area contributed by atoms with Crippen LogP contribution < -0.4 is 5.73 Å². The maximum atomic E-state index is 12.6. The Morgan fingerprint density at radius 1 is 0.627 bits per heavy atom. The van der Waals surface area contributed by atoms with E-state index in [1.54, 1.807) is 6.08 Å². The van der Waals surface area contributed by atoms with E-state index in [4.69, 9.17) is 24.8 Å². The van der Waals surface area contributed by atoms with Crippen LogP contribution in [0, 0.1) is 0 Å². The van der Waals surface area contributed by atoms with Crippen LogP contribution >= 0.6 is 7.82 Å². The van der Waals surface area contributed by atoms with Gasteiger partial charge in [0, 0.05) is 12.8 Å². The van der Waals surface area contributed by atoms with E-state index < -0.39 is 63.8 Å². The van der Waals surface area contributed by atoms with E-state index >= 15 is 0 Å². The molecule has 0 heterocycles. The van der Waals surface area contributed by atoms with E-state index in [0.29, 0.717) is 32.1 Å². The summed E-state index contributed by atoms with van der Waals surface area (Å²) in [5.74, 6) is -2.57. The SMILES string of the molecule is CC/C=C\C(O)C/C=C/C=C\C/C=C\C/C=C\CCCC(=O)OC[C@H](COP(=O)(O)OC[C@H](N)C(=O)O)OC(=O)CCC/C=C\C/C=C\C/C=C\CCCCCCCC. The summed E-state index contributed by atoms with van der Waals surface area (Å²) in [7, 11) is -4.76. The number of carboxylic acid groups (broad SMARTS) is 1. The number of phosphoric ester groups is 1. The van der Waals surface area contributed by atoms with E-state index in [2.05, 4.69) is 41.8 Å². The van der Waals surface area contributed by atoms with Gasteiger partial charge in [0.05, 0.1) is 19.3 Å². The van der Waals surface area contributed by atoms with Gasteiger partial charge in [0.15, 0.2) is 6.10 Å². The Labute approximate surface area is 354 Å². The molecule has 0 aliphatic heterocycles. The predicted octanol–water partition coefficient (Wildman–Crippen LogP) is 10.2. The lowest BCUT2D eigenvalue weighted by Crippen LogP contribution is -2.34. The highest BCUT2D eigenvalue weighted by atomic mass is 31.2. The van der Waals surface area contributed by atoms with Crippen LogP contribution in [0.2, 0.25) is 0 Å². The summed E-state index contributed by atoms with van der Waals surface area (Å²) < 4.78 is 32.5. The summed E-state index contributed by atoms with van der Waals surface area (Å²) in [6, 6.07) is -1.55. The van der Waals surface area contributed by atoms with Crippen LogP contribution in [-0.4, -0.2) is 71.1 Å². The van der Waals surface area contributed by atoms with Crippen molar-refractivity contribution in [1.29, 1.82) is 0 Å². The lowest BCUT2D eigenvalue weighted by Gasteiger charge is -2.20. The van der Waals surface area contributed by atoms with Crippen LogP contribution in [0.15, 0.2) is 97.2 Å². The molecule has 0 saturated carbocycles. The number of allylic oxidation sites excluding steroid dienone is 14. The van der Waals surface area contributed by atoms with Gasteiger partial charge in [0.25, 0.3) is 0 Å². The average molecular weight is 848 g/mol. The summed E-state index contributed by atoms with van der Waals surface area (Å²) in [4.78, 5) is 45.9. The molecule has 0 spiro atoms. The molecule has 0 aromatic heterocycles. The lowest BCUT2D eigenvalue weighted by molar-refractivity contribution is -0.161. The number of rotatable bonds is 38. The quantitative estimate of drug-likeness (QED) is 0.0151. The van der Waals surface area contributed by atoms with Gasteiger partial charge in [0.1, 0.15) is 12.6 Å². The Balaban J connectivity index is 4.61. The Morgan fingerprint density at radius 3 is 1.73 bits per heavy atom. The van der Waals surface area contributed by atoms with Crippen LogP contribution in [0.3, 0.4) is 0 Å². The number of carbonyl (C=O) groups excluding carboxylic acids is 2. The minimum Gasteiger partial charge on any atom is -0.480 e. The molecule has 12 nitrogen and oxygen atoms in total. The first-order chi connectivity index (χ1) is 28.5. The van der Waals surface area contributed by atoms with Gasteiger partial charge < -0.3 is 30.3 Å². The molecule has 13 heteroatoms. The minimum atomic E-state index is -4.76. The van der Waals surface area contributed by atoms with Gasteiger partial charge in [-0.05, 0) is 77.0 Å². The molecular weight excluding hydrogens is 773 g/mol. The van der Waals surface area contributed by atoms with Crippen molar-refractivity contribution in [3.8, 4) is 0 Å². The first-order valence-corrected chi connectivity index (χ1v) is 22.9. The third-order valence-corrected chi connectivity index (χ3v) is 9.34. The third kappa shape index (κ3) is 39.6. The molecule has 0 aliphatic carbocycles. The number of unbranched alkanes of at least 4 members (excludes halogenated alkanes) is 8. The standard InChI is InChI=1S/C46H74NO11P/c1-3-5-7-8-9-10-11-12-13-14-15-16-21-24-27-30-33-37-45(50)58-42(39-56-59(53,54)57-40-43(47)46(51)52)38-55-44(49)36-32-29-26-23-20-18-17-19-22-25-28-31-35-41(48)34-6-4-2/h6,12-13,15-18,22-28,31,34,41-43,48H,3-5,7-11,14,19-21,29-30,32-33,35-40,47H2,1-2H3,(H,51,52)(H,53,54)/b13-12-,16-15-,18-17-,25-22-,26-23-,27-24-,31-28+,34-6-/t41?,42-,43+/m1/s1. The van der Waals surface area contributed by atoms with Gasteiger partial charge in [-0.2, -0.15) is 0 Å². The van der Waals surface area contributed by atoms with Crippen molar-refractivity contribution >= 4 is 25.7 Å². The first-order valence-electron chi connectivity index (χ1n) is 21.4. The van der Waals surface area contributed by atoms with Crippen LogP contribution in [0.1, 0.15) is 136 Å². The number of hydrogen-bond acceptors (Lipinski definition) is 10. The summed E-state index contributed by atoms with van der Waals surface area (Å²) in [5, 5.41) is 18.6. The number of carboxylic acids is 1. The van der Waals surface area contributed by atoms with E-state index in [9.17, 15) is 28.9 Å². The highest BCUT2D eigenvalue weighted by Gasteiger charge is 2.28. The number of hydrogen-bond donors (Lipinski definition) is 4. The first kappa shape index (κ1) is 55.4. The topological polar surface area (TPSA) is 192 Å². The summed E-state index contributed by atoms with van der Waals surface area (Å²) in [5.41, 5.74) is 5.32. The number of ether oxygens (including phenoxy) is 2. The number of esters is 2. The van der Waals surface area contributed by atoms with E-state index in [0.717, 1.165) is 38.5 Å². The number of nitrogens with two attached hydrogens (primary N) is 1. The summed E-state index contributed by atoms with van der Waals surface area (Å²) in [6.45, 7) is 2.42. The monoisotopic (exact) mass is 847 g/mol. The second-order valence-electron chi connectivity index (χ2n) is 13.9. The molecule has 0 amide bonds. The number of phosphoric acid groups is 1. The smallest absolute Gasteiger partial charge is 0.472 e. The summed E-state index contributed by atoms with van der Waals surface area (Å²) in [6.07, 6.45) is 46.9. The second-order valence-corrected chi connectivity index (χ2v) is 15.4. The molecule has 2 unspecified atom stereocenters. The molecule has 0 rings (SSSR count). The molecule has 0 aromatic carbocycles. The largest absolute Gasteiger partial charge is 0.480 e. The number of aliphatic carboxylic acids is 1. The van der Waals surface area contributed by atoms with Crippen LogP contribution in [0.25, 0.3) is 0 Å². The van der Waals surface area contributed by atoms with Gasteiger partial charge >= 0.3 is 25.7 Å². The fourth-order valence-corrected chi connectivity index (χ4v) is 5.80. The Morgan fingerprint density at radius 2 is 1.14 bits per heavy atom. The molecule has 0 saturated heterocycles. The van der Waals surface area contributed by atoms with Crippen molar-refractivity contribution in [3.05, 3.63) is 97.2 Å². The molecular formula is C46H74NO11P. The molecule has 59 heavy (non-hydrogen) atoms. The lowest BCUT2D eigenvalue weighted by atomic mass is 10.1. The van der Waals surface area contributed by atoms with E-state index in [1.807, 2.05) is 67.7 Å². The third-order valence-electron chi connectivity index (χ3n) is 8.39. The van der Waals surface area contributed by atoms with Crippen molar-refractivity contribution in [3.63, 3.8) is 0 Å². The van der Waals surface area contributed by atoms with Crippen molar-refractivity contribution in [2.45, 2.75) is 154 Å². The summed E-state index contributed by atoms with van der Waals surface area (Å²) >= 11 is 0. The fourth-order valence-electron chi connectivity index (χ4n) is 5.02. The van der Waals surface area contributed by atoms with Gasteiger partial charge in [-0.15, -0.1) is 0 Å². The number of aliphatic hydroxyl groups is 1. The highest BCUT2D eigenvalue weighted by molar-refractivity contribution is 7.47. The van der Waals surface area contributed by atoms with Crippen molar-refractivity contribution < 1.29 is 52.6 Å². The van der Waals surface area contributed by atoms with Crippen molar-refractivity contribution in [2.24, 2.45) is 5.73 Å². The number of carbonyl (C=O) groups is 3. The van der Waals surface area contributed by atoms with Gasteiger partial charge in [-0.3, -0.25) is 23.4 Å². The maximum absolute atomic E-state index is 12.6. The second kappa shape index (κ2) is 39.8. The molecule has 5 N–H and O–H groups in total. The normalized spacial score (nSPS) is 15.2. The molecule has 4 atom stereocenters. The molecule has 0 radical (unpaired) electrons.